The van der Waals surface area contributed by atoms with Gasteiger partial charge in [-0.3, -0.25) is 4.79 Å². The number of carbonyl (C=O) groups is 1. The Morgan fingerprint density at radius 2 is 2.46 bits per heavy atom. The van der Waals surface area contributed by atoms with Crippen molar-refractivity contribution < 1.29 is 9.53 Å². The zero-order valence-corrected chi connectivity index (χ0v) is 8.32. The molecule has 0 bridgehead atoms. The lowest BCUT2D eigenvalue weighted by atomic mass is 10.1. The lowest BCUT2D eigenvalue weighted by Crippen LogP contribution is -2.37. The van der Waals surface area contributed by atoms with Gasteiger partial charge in [-0.05, 0) is 18.4 Å². The van der Waals surface area contributed by atoms with Crippen LogP contribution in [0.4, 0.5) is 0 Å². The predicted molar refractivity (Wildman–Crippen MR) is 51.4 cm³/mol. The Bertz CT molecular complexity index is 203. The van der Waals surface area contributed by atoms with Crippen LogP contribution in [-0.4, -0.2) is 37.1 Å². The van der Waals surface area contributed by atoms with Crippen molar-refractivity contribution in [2.75, 3.05) is 20.3 Å². The summed E-state index contributed by atoms with van der Waals surface area (Å²) in [5.74, 6) is 0.593. The third kappa shape index (κ3) is 2.31. The van der Waals surface area contributed by atoms with Crippen molar-refractivity contribution in [1.82, 2.24) is 4.90 Å². The Balaban J connectivity index is 2.59. The van der Waals surface area contributed by atoms with Crippen LogP contribution in [0, 0.1) is 5.92 Å². The highest BCUT2D eigenvalue weighted by atomic mass is 16.5. The number of likely N-dealkylation sites (tertiary alicyclic amines) is 1. The molecule has 3 heteroatoms. The standard InChI is InChI=1S/C10H17NO2/c1-4-10(12)11-6-8(2)5-9(11)7-13-3/h4,8-9H,1,5-7H2,2-3H3/t8?,9-/m1/s1. The summed E-state index contributed by atoms with van der Waals surface area (Å²) in [5.41, 5.74) is 0. The summed E-state index contributed by atoms with van der Waals surface area (Å²) in [6, 6.07) is 0.241. The predicted octanol–water partition coefficient (Wildman–Crippen LogP) is 1.06. The SMILES string of the molecule is C=CC(=O)N1CC(C)C[C@@H]1COC. The first-order chi connectivity index (χ1) is 6.19. The molecule has 0 saturated carbocycles. The van der Waals surface area contributed by atoms with Crippen LogP contribution >= 0.6 is 0 Å². The summed E-state index contributed by atoms with van der Waals surface area (Å²) < 4.78 is 5.07. The van der Waals surface area contributed by atoms with Crippen LogP contribution in [0.5, 0.6) is 0 Å². The number of ether oxygens (including phenoxy) is 1. The largest absolute Gasteiger partial charge is 0.383 e. The molecule has 0 spiro atoms. The van der Waals surface area contributed by atoms with Crippen molar-refractivity contribution in [3.63, 3.8) is 0 Å². The minimum Gasteiger partial charge on any atom is -0.383 e. The van der Waals surface area contributed by atoms with E-state index in [0.717, 1.165) is 13.0 Å². The molecule has 0 aromatic carbocycles. The van der Waals surface area contributed by atoms with Gasteiger partial charge in [0.25, 0.3) is 0 Å². The molecule has 1 saturated heterocycles. The molecular weight excluding hydrogens is 166 g/mol. The third-order valence-corrected chi connectivity index (χ3v) is 2.44. The lowest BCUT2D eigenvalue weighted by Gasteiger charge is -2.22. The molecule has 1 fully saturated rings. The Morgan fingerprint density at radius 3 is 3.00 bits per heavy atom. The molecule has 2 atom stereocenters. The maximum atomic E-state index is 11.4. The maximum absolute atomic E-state index is 11.4. The summed E-state index contributed by atoms with van der Waals surface area (Å²) in [6.07, 6.45) is 2.41. The fourth-order valence-corrected chi connectivity index (χ4v) is 1.89. The first kappa shape index (κ1) is 10.3. The van der Waals surface area contributed by atoms with Crippen LogP contribution in [0.25, 0.3) is 0 Å². The Hall–Kier alpha value is -0.830. The molecule has 1 aliphatic heterocycles. The second kappa shape index (κ2) is 4.42. The van der Waals surface area contributed by atoms with Gasteiger partial charge in [0.1, 0.15) is 0 Å². The van der Waals surface area contributed by atoms with Gasteiger partial charge in [-0.15, -0.1) is 0 Å². The molecule has 1 unspecified atom stereocenters. The van der Waals surface area contributed by atoms with Crippen LogP contribution in [0.15, 0.2) is 12.7 Å². The molecule has 1 amide bonds. The van der Waals surface area contributed by atoms with Crippen LogP contribution in [0.3, 0.4) is 0 Å². The van der Waals surface area contributed by atoms with E-state index in [4.69, 9.17) is 4.74 Å². The zero-order valence-electron chi connectivity index (χ0n) is 8.32. The minimum absolute atomic E-state index is 0.0198. The quantitative estimate of drug-likeness (QED) is 0.612. The monoisotopic (exact) mass is 183 g/mol. The normalized spacial score (nSPS) is 27.7. The van der Waals surface area contributed by atoms with Gasteiger partial charge in [0.15, 0.2) is 0 Å². The lowest BCUT2D eigenvalue weighted by molar-refractivity contribution is -0.127. The average Bonchev–Trinajstić information content (AvgIpc) is 2.46. The second-order valence-corrected chi connectivity index (χ2v) is 3.64. The van der Waals surface area contributed by atoms with E-state index >= 15 is 0 Å². The fourth-order valence-electron chi connectivity index (χ4n) is 1.89. The van der Waals surface area contributed by atoms with Gasteiger partial charge in [0.2, 0.25) is 5.91 Å². The van der Waals surface area contributed by atoms with Gasteiger partial charge in [-0.2, -0.15) is 0 Å². The van der Waals surface area contributed by atoms with Crippen LogP contribution < -0.4 is 0 Å². The van der Waals surface area contributed by atoms with E-state index in [0.29, 0.717) is 12.5 Å². The number of rotatable bonds is 3. The third-order valence-electron chi connectivity index (χ3n) is 2.44. The average molecular weight is 183 g/mol. The highest BCUT2D eigenvalue weighted by molar-refractivity contribution is 5.87. The molecule has 1 aliphatic rings. The van der Waals surface area contributed by atoms with Crippen LogP contribution in [0.2, 0.25) is 0 Å². The summed E-state index contributed by atoms with van der Waals surface area (Å²) in [6.45, 7) is 7.11. The molecule has 3 nitrogen and oxygen atoms in total. The summed E-state index contributed by atoms with van der Waals surface area (Å²) in [7, 11) is 1.67. The van der Waals surface area contributed by atoms with Gasteiger partial charge < -0.3 is 9.64 Å². The molecular formula is C10H17NO2. The number of amides is 1. The first-order valence-corrected chi connectivity index (χ1v) is 4.61. The molecule has 0 aliphatic carbocycles. The van der Waals surface area contributed by atoms with Crippen molar-refractivity contribution in [2.45, 2.75) is 19.4 Å². The highest BCUT2D eigenvalue weighted by Gasteiger charge is 2.31. The van der Waals surface area contributed by atoms with Gasteiger partial charge in [0, 0.05) is 13.7 Å². The van der Waals surface area contributed by atoms with Gasteiger partial charge in [-0.1, -0.05) is 13.5 Å². The number of nitrogens with zero attached hydrogens (tertiary/aromatic N) is 1. The Kier molecular flexibility index (Phi) is 3.48. The maximum Gasteiger partial charge on any atom is 0.246 e. The first-order valence-electron chi connectivity index (χ1n) is 4.61. The van der Waals surface area contributed by atoms with Crippen molar-refractivity contribution >= 4 is 5.91 Å². The molecule has 13 heavy (non-hydrogen) atoms. The zero-order chi connectivity index (χ0) is 9.84. The van der Waals surface area contributed by atoms with E-state index in [9.17, 15) is 4.79 Å². The number of methoxy groups -OCH3 is 1. The summed E-state index contributed by atoms with van der Waals surface area (Å²) in [5, 5.41) is 0. The summed E-state index contributed by atoms with van der Waals surface area (Å²) >= 11 is 0. The second-order valence-electron chi connectivity index (χ2n) is 3.64. The molecule has 74 valence electrons. The van der Waals surface area contributed by atoms with E-state index in [1.54, 1.807) is 7.11 Å². The number of hydrogen-bond acceptors (Lipinski definition) is 2. The van der Waals surface area contributed by atoms with Crippen molar-refractivity contribution in [2.24, 2.45) is 5.92 Å². The Morgan fingerprint density at radius 1 is 1.77 bits per heavy atom. The molecule has 1 rings (SSSR count). The highest BCUT2D eigenvalue weighted by Crippen LogP contribution is 2.22. The fraction of sp³-hybridized carbons (Fsp3) is 0.700. The molecule has 0 aromatic heterocycles. The van der Waals surface area contributed by atoms with Crippen molar-refractivity contribution in [1.29, 1.82) is 0 Å². The van der Waals surface area contributed by atoms with Crippen LogP contribution in [-0.2, 0) is 9.53 Å². The Labute approximate surface area is 79.4 Å². The van der Waals surface area contributed by atoms with Gasteiger partial charge in [-0.25, -0.2) is 0 Å². The topological polar surface area (TPSA) is 29.5 Å². The van der Waals surface area contributed by atoms with E-state index in [1.165, 1.54) is 6.08 Å². The van der Waals surface area contributed by atoms with Crippen molar-refractivity contribution in [3.8, 4) is 0 Å². The molecule has 1 heterocycles. The molecule has 0 aromatic rings. The van der Waals surface area contributed by atoms with E-state index < -0.39 is 0 Å². The molecule has 0 N–H and O–H groups in total. The summed E-state index contributed by atoms with van der Waals surface area (Å²) in [4.78, 5) is 13.2. The van der Waals surface area contributed by atoms with Gasteiger partial charge in [0.05, 0.1) is 12.6 Å². The van der Waals surface area contributed by atoms with E-state index in [2.05, 4.69) is 13.5 Å². The van der Waals surface area contributed by atoms with E-state index in [-0.39, 0.29) is 11.9 Å². The van der Waals surface area contributed by atoms with Crippen LogP contribution in [0.1, 0.15) is 13.3 Å². The van der Waals surface area contributed by atoms with Gasteiger partial charge >= 0.3 is 0 Å². The van der Waals surface area contributed by atoms with Crippen molar-refractivity contribution in [3.05, 3.63) is 12.7 Å². The minimum atomic E-state index is 0.0198. The van der Waals surface area contributed by atoms with E-state index in [1.807, 2.05) is 4.90 Å². The molecule has 0 radical (unpaired) electrons. The number of carbonyl (C=O) groups excluding carboxylic acids is 1. The smallest absolute Gasteiger partial charge is 0.246 e. The number of hydrogen-bond donors (Lipinski definition) is 0.